The number of alkyl halides is 2. The summed E-state index contributed by atoms with van der Waals surface area (Å²) in [7, 11) is 0. The molecule has 13 nitrogen and oxygen atoms in total. The van der Waals surface area contributed by atoms with Gasteiger partial charge in [-0.3, -0.25) is 9.47 Å². The Bertz CT molecular complexity index is 1400. The molecule has 2 saturated heterocycles. The van der Waals surface area contributed by atoms with Gasteiger partial charge in [-0.15, -0.1) is 0 Å². The maximum Gasteiger partial charge on any atom is 0.296 e. The van der Waals surface area contributed by atoms with Crippen LogP contribution in [0.5, 0.6) is 0 Å². The largest absolute Gasteiger partial charge is 0.379 e. The third-order valence-corrected chi connectivity index (χ3v) is 7.03. The first kappa shape index (κ1) is 26.6. The van der Waals surface area contributed by atoms with Crippen LogP contribution in [0.2, 0.25) is 0 Å². The standard InChI is InChI=1S/C25H31F2N11O2/c26-19(27)20-32-17-3-1-2-4-18(17)38(20)24-34-21(33-23(35-24)37-9-13-40-14-10-37)25(28)15-30-22(31-16-25)29-5-6-36-7-11-39-12-8-36/h1-4,15,19H,5-14,16,28H2,(H,29,31). The van der Waals surface area contributed by atoms with Gasteiger partial charge in [0.2, 0.25) is 17.9 Å². The number of benzene rings is 1. The van der Waals surface area contributed by atoms with Gasteiger partial charge in [0.05, 0.1) is 44.0 Å². The van der Waals surface area contributed by atoms with Crippen LogP contribution in [0.3, 0.4) is 0 Å². The molecule has 3 aliphatic heterocycles. The molecule has 3 N–H and O–H groups in total. The highest BCUT2D eigenvalue weighted by atomic mass is 19.3. The number of imidazole rings is 1. The van der Waals surface area contributed by atoms with Crippen LogP contribution in [0.15, 0.2) is 34.3 Å². The highest BCUT2D eigenvalue weighted by molar-refractivity contribution is 5.93. The Morgan fingerprint density at radius 3 is 2.40 bits per heavy atom. The SMILES string of the molecule is NC1(c2nc(N3CCOCC3)nc(-n3c(C(F)F)nc4ccccc43)n2)C=NC(NCCN2CCOCC2)=NC1. The number of fused-ring (bicyclic) bond motifs is 1. The van der Waals surface area contributed by atoms with Gasteiger partial charge in [-0.25, -0.2) is 23.7 Å². The number of hydrogen-bond donors (Lipinski definition) is 2. The molecule has 0 aliphatic carbocycles. The summed E-state index contributed by atoms with van der Waals surface area (Å²) in [6, 6.07) is 6.86. The van der Waals surface area contributed by atoms with Crippen LogP contribution < -0.4 is 16.0 Å². The molecule has 40 heavy (non-hydrogen) atoms. The van der Waals surface area contributed by atoms with Gasteiger partial charge in [0, 0.05) is 45.5 Å². The molecular weight excluding hydrogens is 524 g/mol. The number of aromatic nitrogens is 5. The Balaban J connectivity index is 1.30. The van der Waals surface area contributed by atoms with Crippen LogP contribution in [0.4, 0.5) is 14.7 Å². The number of para-hydroxylation sites is 2. The van der Waals surface area contributed by atoms with Crippen LogP contribution in [0.25, 0.3) is 17.0 Å². The predicted octanol–water partition coefficient (Wildman–Crippen LogP) is 0.501. The van der Waals surface area contributed by atoms with Crippen LogP contribution in [-0.4, -0.2) is 114 Å². The summed E-state index contributed by atoms with van der Waals surface area (Å²) in [5.41, 5.74) is 6.34. The van der Waals surface area contributed by atoms with Crippen molar-refractivity contribution >= 4 is 29.2 Å². The second-order valence-electron chi connectivity index (χ2n) is 9.77. The van der Waals surface area contributed by atoms with Crippen molar-refractivity contribution in [2.24, 2.45) is 15.7 Å². The molecule has 3 aliphatic rings. The summed E-state index contributed by atoms with van der Waals surface area (Å²) in [6.45, 7) is 6.97. The average Bonchev–Trinajstić information content (AvgIpc) is 3.39. The molecule has 2 aromatic heterocycles. The minimum atomic E-state index is -2.85. The first-order valence-corrected chi connectivity index (χ1v) is 13.3. The molecule has 212 valence electrons. The zero-order chi connectivity index (χ0) is 27.5. The summed E-state index contributed by atoms with van der Waals surface area (Å²) in [6.07, 6.45) is -1.29. The second kappa shape index (κ2) is 11.4. The quantitative estimate of drug-likeness (QED) is 0.423. The van der Waals surface area contributed by atoms with E-state index in [0.717, 1.165) is 32.8 Å². The topological polar surface area (TPSA) is 144 Å². The van der Waals surface area contributed by atoms with E-state index in [1.54, 1.807) is 30.5 Å². The Hall–Kier alpha value is -3.66. The van der Waals surface area contributed by atoms with Crippen molar-refractivity contribution < 1.29 is 18.3 Å². The van der Waals surface area contributed by atoms with E-state index in [4.69, 9.17) is 15.2 Å². The van der Waals surface area contributed by atoms with Crippen molar-refractivity contribution in [3.63, 3.8) is 0 Å². The number of aliphatic imine (C=N–C) groups is 2. The highest BCUT2D eigenvalue weighted by Crippen LogP contribution is 2.28. The van der Waals surface area contributed by atoms with Crippen molar-refractivity contribution in [3.8, 4) is 5.95 Å². The third-order valence-electron chi connectivity index (χ3n) is 7.03. The monoisotopic (exact) mass is 555 g/mol. The predicted molar refractivity (Wildman–Crippen MR) is 144 cm³/mol. The lowest BCUT2D eigenvalue weighted by atomic mass is 10.0. The van der Waals surface area contributed by atoms with E-state index >= 15 is 0 Å². The number of nitrogens with one attached hydrogen (secondary N) is 1. The van der Waals surface area contributed by atoms with E-state index in [1.807, 2.05) is 4.90 Å². The van der Waals surface area contributed by atoms with E-state index in [2.05, 4.69) is 40.1 Å². The molecule has 5 heterocycles. The molecule has 1 unspecified atom stereocenters. The number of halogens is 2. The molecule has 0 radical (unpaired) electrons. The van der Waals surface area contributed by atoms with E-state index in [0.29, 0.717) is 55.8 Å². The summed E-state index contributed by atoms with van der Waals surface area (Å²) in [5, 5.41) is 3.24. The lowest BCUT2D eigenvalue weighted by Crippen LogP contribution is -2.48. The highest BCUT2D eigenvalue weighted by Gasteiger charge is 2.34. The van der Waals surface area contributed by atoms with E-state index in [1.165, 1.54) is 4.57 Å². The van der Waals surface area contributed by atoms with Crippen LogP contribution >= 0.6 is 0 Å². The van der Waals surface area contributed by atoms with Crippen molar-refractivity contribution in [2.45, 2.75) is 12.0 Å². The number of rotatable bonds is 7. The minimum absolute atomic E-state index is 0.00660. The first-order valence-electron chi connectivity index (χ1n) is 13.3. The molecule has 2 fully saturated rings. The third kappa shape index (κ3) is 5.50. The van der Waals surface area contributed by atoms with Crippen molar-refractivity contribution in [2.75, 3.05) is 77.1 Å². The molecular formula is C25H31F2N11O2. The van der Waals surface area contributed by atoms with Gasteiger partial charge in [-0.1, -0.05) is 12.1 Å². The fraction of sp³-hybridized carbons (Fsp3) is 0.520. The fourth-order valence-electron chi connectivity index (χ4n) is 4.81. The number of nitrogens with zero attached hydrogens (tertiary/aromatic N) is 9. The molecule has 0 saturated carbocycles. The molecule has 1 aromatic carbocycles. The van der Waals surface area contributed by atoms with Crippen molar-refractivity contribution in [3.05, 3.63) is 35.9 Å². The number of nitrogens with two attached hydrogens (primary N) is 1. The van der Waals surface area contributed by atoms with Gasteiger partial charge in [0.1, 0.15) is 5.54 Å². The molecule has 0 spiro atoms. The summed E-state index contributed by atoms with van der Waals surface area (Å²) in [4.78, 5) is 31.2. The zero-order valence-corrected chi connectivity index (χ0v) is 21.9. The maximum absolute atomic E-state index is 14.1. The van der Waals surface area contributed by atoms with Crippen LogP contribution in [0, 0.1) is 0 Å². The molecule has 0 amide bonds. The van der Waals surface area contributed by atoms with Crippen LogP contribution in [0.1, 0.15) is 18.1 Å². The summed E-state index contributed by atoms with van der Waals surface area (Å²) < 4.78 is 40.4. The number of guanidine groups is 1. The molecule has 3 aromatic rings. The van der Waals surface area contributed by atoms with Gasteiger partial charge in [-0.2, -0.15) is 15.0 Å². The van der Waals surface area contributed by atoms with Gasteiger partial charge >= 0.3 is 0 Å². The first-order chi connectivity index (χ1) is 19.5. The molecule has 6 rings (SSSR count). The normalized spacial score (nSPS) is 22.2. The average molecular weight is 556 g/mol. The number of morpholine rings is 2. The number of anilines is 1. The Morgan fingerprint density at radius 2 is 1.68 bits per heavy atom. The van der Waals surface area contributed by atoms with Gasteiger partial charge < -0.3 is 25.4 Å². The van der Waals surface area contributed by atoms with E-state index in [9.17, 15) is 8.78 Å². The Kier molecular flexibility index (Phi) is 7.60. The smallest absolute Gasteiger partial charge is 0.296 e. The van der Waals surface area contributed by atoms with Crippen LogP contribution in [-0.2, 0) is 15.0 Å². The van der Waals surface area contributed by atoms with Gasteiger partial charge in [0.25, 0.3) is 6.43 Å². The zero-order valence-electron chi connectivity index (χ0n) is 21.9. The second-order valence-corrected chi connectivity index (χ2v) is 9.77. The maximum atomic E-state index is 14.1. The van der Waals surface area contributed by atoms with Crippen molar-refractivity contribution in [1.29, 1.82) is 0 Å². The summed E-state index contributed by atoms with van der Waals surface area (Å²) in [5.74, 6) is 0.513. The van der Waals surface area contributed by atoms with Crippen molar-refractivity contribution in [1.82, 2.24) is 34.7 Å². The molecule has 0 bridgehead atoms. The molecule has 15 heteroatoms. The van der Waals surface area contributed by atoms with Gasteiger partial charge in [0.15, 0.2) is 11.6 Å². The van der Waals surface area contributed by atoms with E-state index < -0.39 is 17.8 Å². The summed E-state index contributed by atoms with van der Waals surface area (Å²) >= 11 is 0. The van der Waals surface area contributed by atoms with Gasteiger partial charge in [-0.05, 0) is 12.1 Å². The number of hydrogen-bond acceptors (Lipinski definition) is 12. The van der Waals surface area contributed by atoms with E-state index in [-0.39, 0.29) is 18.3 Å². The lowest BCUT2D eigenvalue weighted by molar-refractivity contribution is 0.0389. The Morgan fingerprint density at radius 1 is 0.950 bits per heavy atom. The number of ether oxygens (including phenoxy) is 2. The Labute approximate surface area is 229 Å². The minimum Gasteiger partial charge on any atom is -0.379 e. The lowest BCUT2D eigenvalue weighted by Gasteiger charge is -2.30. The molecule has 1 atom stereocenters. The fourth-order valence-corrected chi connectivity index (χ4v) is 4.81.